The maximum absolute atomic E-state index is 5.93. The molecule has 1 aliphatic rings. The second-order valence-corrected chi connectivity index (χ2v) is 5.36. The highest BCUT2D eigenvalue weighted by Crippen LogP contribution is 2.43. The number of nitrogens with zero attached hydrogens (tertiary/aromatic N) is 1. The average molecular weight is 272 g/mol. The first kappa shape index (κ1) is 13.1. The van der Waals surface area contributed by atoms with Crippen LogP contribution >= 0.6 is 0 Å². The Balaban J connectivity index is 2.11. The second-order valence-electron chi connectivity index (χ2n) is 5.36. The lowest BCUT2D eigenvalue weighted by Gasteiger charge is -2.14. The number of ether oxygens (including phenoxy) is 2. The van der Waals surface area contributed by atoms with Gasteiger partial charge in [0.25, 0.3) is 0 Å². The van der Waals surface area contributed by atoms with Gasteiger partial charge in [-0.2, -0.15) is 0 Å². The summed E-state index contributed by atoms with van der Waals surface area (Å²) in [6.45, 7) is 2.85. The van der Waals surface area contributed by atoms with Crippen LogP contribution in [-0.4, -0.2) is 24.8 Å². The lowest BCUT2D eigenvalue weighted by molar-refractivity contribution is 0.355. The van der Waals surface area contributed by atoms with Crippen molar-refractivity contribution in [1.82, 2.24) is 4.57 Å². The molecule has 1 heterocycles. The molecule has 0 radical (unpaired) electrons. The van der Waals surface area contributed by atoms with E-state index in [2.05, 4.69) is 29.0 Å². The van der Waals surface area contributed by atoms with E-state index in [1.54, 1.807) is 14.2 Å². The number of hydrogen-bond acceptors (Lipinski definition) is 3. The van der Waals surface area contributed by atoms with Crippen LogP contribution < -0.4 is 15.2 Å². The molecule has 4 heteroatoms. The molecule has 1 aromatic carbocycles. The van der Waals surface area contributed by atoms with E-state index < -0.39 is 0 Å². The van der Waals surface area contributed by atoms with Crippen molar-refractivity contribution in [2.24, 2.45) is 5.73 Å². The van der Waals surface area contributed by atoms with Crippen molar-refractivity contribution >= 4 is 0 Å². The van der Waals surface area contributed by atoms with Crippen molar-refractivity contribution in [2.75, 3.05) is 14.2 Å². The molecule has 3 rings (SSSR count). The third-order valence-electron chi connectivity index (χ3n) is 3.78. The van der Waals surface area contributed by atoms with Crippen LogP contribution in [0.2, 0.25) is 0 Å². The molecule has 106 valence electrons. The molecule has 20 heavy (non-hydrogen) atoms. The van der Waals surface area contributed by atoms with Crippen LogP contribution in [0.25, 0.3) is 11.3 Å². The molecular formula is C16H20N2O2. The van der Waals surface area contributed by atoms with Crippen LogP contribution in [0.5, 0.6) is 11.5 Å². The molecule has 1 aliphatic carbocycles. The number of methoxy groups -OCH3 is 2. The predicted molar refractivity (Wildman–Crippen MR) is 79.4 cm³/mol. The summed E-state index contributed by atoms with van der Waals surface area (Å²) in [5, 5.41) is 0. The normalized spacial score (nSPS) is 13.8. The number of aromatic nitrogens is 1. The highest BCUT2D eigenvalue weighted by Gasteiger charge is 2.24. The number of fused-ring (bicyclic) bond motifs is 3. The van der Waals surface area contributed by atoms with E-state index in [1.165, 1.54) is 22.4 Å². The molecule has 0 saturated heterocycles. The maximum Gasteiger partial charge on any atom is 0.161 e. The number of nitrogens with two attached hydrogens (primary N) is 1. The van der Waals surface area contributed by atoms with Gasteiger partial charge in [0, 0.05) is 30.8 Å². The van der Waals surface area contributed by atoms with Gasteiger partial charge in [0.15, 0.2) is 11.5 Å². The molecule has 1 aromatic heterocycles. The highest BCUT2D eigenvalue weighted by molar-refractivity contribution is 5.77. The Hall–Kier alpha value is -1.94. The van der Waals surface area contributed by atoms with Crippen LogP contribution in [0.15, 0.2) is 24.4 Å². The third kappa shape index (κ3) is 1.96. The zero-order valence-corrected chi connectivity index (χ0v) is 12.1. The molecule has 4 nitrogen and oxygen atoms in total. The molecule has 0 fully saturated rings. The van der Waals surface area contributed by atoms with Crippen molar-refractivity contribution in [3.63, 3.8) is 0 Å². The first-order valence-corrected chi connectivity index (χ1v) is 6.83. The largest absolute Gasteiger partial charge is 0.493 e. The predicted octanol–water partition coefficient (Wildman–Crippen LogP) is 2.42. The van der Waals surface area contributed by atoms with E-state index in [0.717, 1.165) is 24.5 Å². The van der Waals surface area contributed by atoms with Crippen LogP contribution in [0, 0.1) is 0 Å². The first-order chi connectivity index (χ1) is 9.63. The van der Waals surface area contributed by atoms with Gasteiger partial charge in [-0.15, -0.1) is 0 Å². The number of hydrogen-bond donors (Lipinski definition) is 1. The molecule has 0 aliphatic heterocycles. The Bertz CT molecular complexity index is 644. The van der Waals surface area contributed by atoms with Gasteiger partial charge in [-0.3, -0.25) is 0 Å². The fourth-order valence-electron chi connectivity index (χ4n) is 2.94. The lowest BCUT2D eigenvalue weighted by atomic mass is 10.1. The van der Waals surface area contributed by atoms with E-state index >= 15 is 0 Å². The van der Waals surface area contributed by atoms with Crippen LogP contribution in [0.3, 0.4) is 0 Å². The Morgan fingerprint density at radius 2 is 1.90 bits per heavy atom. The van der Waals surface area contributed by atoms with E-state index in [0.29, 0.717) is 0 Å². The van der Waals surface area contributed by atoms with Crippen LogP contribution in [0.4, 0.5) is 0 Å². The maximum atomic E-state index is 5.93. The van der Waals surface area contributed by atoms with Gasteiger partial charge in [0.2, 0.25) is 0 Å². The van der Waals surface area contributed by atoms with Gasteiger partial charge in [0.05, 0.1) is 19.9 Å². The van der Waals surface area contributed by atoms with Crippen molar-refractivity contribution < 1.29 is 9.47 Å². The summed E-state index contributed by atoms with van der Waals surface area (Å²) in [6.07, 6.45) is 3.06. The molecule has 1 atom stereocenters. The minimum absolute atomic E-state index is 0.135. The minimum Gasteiger partial charge on any atom is -0.493 e. The molecule has 0 bridgehead atoms. The Kier molecular flexibility index (Phi) is 3.18. The summed E-state index contributed by atoms with van der Waals surface area (Å²) >= 11 is 0. The summed E-state index contributed by atoms with van der Waals surface area (Å²) in [5.74, 6) is 1.56. The SMILES string of the molecule is COc1cc2c(cc1OC)-c1c(ccn1CC(C)N)C2. The average Bonchev–Trinajstić information content (AvgIpc) is 2.96. The number of rotatable bonds is 4. The lowest BCUT2D eigenvalue weighted by Crippen LogP contribution is -2.22. The van der Waals surface area contributed by atoms with E-state index in [9.17, 15) is 0 Å². The van der Waals surface area contributed by atoms with Gasteiger partial charge in [0.1, 0.15) is 0 Å². The third-order valence-corrected chi connectivity index (χ3v) is 3.78. The van der Waals surface area contributed by atoms with E-state index in [-0.39, 0.29) is 6.04 Å². The standard InChI is InChI=1S/C16H20N2O2/c1-10(17)9-18-5-4-11-6-12-7-14(19-2)15(20-3)8-13(12)16(11)18/h4-5,7-8,10H,6,9,17H2,1-3H3. The van der Waals surface area contributed by atoms with Crippen molar-refractivity contribution in [3.8, 4) is 22.8 Å². The molecule has 2 aromatic rings. The first-order valence-electron chi connectivity index (χ1n) is 6.83. The molecule has 1 unspecified atom stereocenters. The molecule has 2 N–H and O–H groups in total. The summed E-state index contributed by atoms with van der Waals surface area (Å²) < 4.78 is 13.0. The molecule has 0 amide bonds. The Labute approximate surface area is 119 Å². The van der Waals surface area contributed by atoms with Gasteiger partial charge < -0.3 is 19.8 Å². The second kappa shape index (κ2) is 4.87. The summed E-state index contributed by atoms with van der Waals surface area (Å²) in [6, 6.07) is 6.45. The van der Waals surface area contributed by atoms with E-state index in [1.807, 2.05) is 6.92 Å². The summed E-state index contributed by atoms with van der Waals surface area (Å²) in [5.41, 5.74) is 11.0. The van der Waals surface area contributed by atoms with Crippen molar-refractivity contribution in [2.45, 2.75) is 25.9 Å². The van der Waals surface area contributed by atoms with Crippen LogP contribution in [0.1, 0.15) is 18.1 Å². The fourth-order valence-corrected chi connectivity index (χ4v) is 2.94. The van der Waals surface area contributed by atoms with Gasteiger partial charge in [-0.05, 0) is 36.2 Å². The fraction of sp³-hybridized carbons (Fsp3) is 0.375. The topological polar surface area (TPSA) is 49.4 Å². The molecule has 0 saturated carbocycles. The minimum atomic E-state index is 0.135. The zero-order valence-electron chi connectivity index (χ0n) is 12.1. The highest BCUT2D eigenvalue weighted by atomic mass is 16.5. The molecule has 0 spiro atoms. The van der Waals surface area contributed by atoms with Crippen LogP contribution in [-0.2, 0) is 13.0 Å². The van der Waals surface area contributed by atoms with Gasteiger partial charge >= 0.3 is 0 Å². The summed E-state index contributed by atoms with van der Waals surface area (Å²) in [7, 11) is 3.34. The molecular weight excluding hydrogens is 252 g/mol. The van der Waals surface area contributed by atoms with Crippen molar-refractivity contribution in [3.05, 3.63) is 35.5 Å². The Morgan fingerprint density at radius 3 is 2.55 bits per heavy atom. The van der Waals surface area contributed by atoms with Gasteiger partial charge in [-0.1, -0.05) is 0 Å². The number of benzene rings is 1. The smallest absolute Gasteiger partial charge is 0.161 e. The zero-order chi connectivity index (χ0) is 14.3. The Morgan fingerprint density at radius 1 is 1.20 bits per heavy atom. The monoisotopic (exact) mass is 272 g/mol. The van der Waals surface area contributed by atoms with E-state index in [4.69, 9.17) is 15.2 Å². The van der Waals surface area contributed by atoms with Crippen molar-refractivity contribution in [1.29, 1.82) is 0 Å². The summed E-state index contributed by atoms with van der Waals surface area (Å²) in [4.78, 5) is 0. The van der Waals surface area contributed by atoms with Gasteiger partial charge in [-0.25, -0.2) is 0 Å². The quantitative estimate of drug-likeness (QED) is 0.793.